The zero-order chi connectivity index (χ0) is 26.9. The fourth-order valence-corrected chi connectivity index (χ4v) is 3.47. The standard InChI is InChI=1S/C26H28N6O5/c1-17-7-12-21(24(14-17)32(35)36)28-29-22-16-25(37-4)23(15-18(22)2)30-27-19-8-10-20(11-9-19)31(3)13-5-6-26(33)34/h7-12,14-16H,5-6,13H2,1-4H3,(H,33,34)/b29-28+,30-27+. The molecule has 0 heterocycles. The topological polar surface area (TPSA) is 142 Å². The highest BCUT2D eigenvalue weighted by Gasteiger charge is 2.14. The number of ether oxygens (including phenoxy) is 1. The monoisotopic (exact) mass is 504 g/mol. The molecule has 192 valence electrons. The third-order valence-corrected chi connectivity index (χ3v) is 5.54. The number of anilines is 1. The first-order chi connectivity index (χ1) is 17.7. The van der Waals surface area contributed by atoms with E-state index < -0.39 is 10.9 Å². The molecule has 1 N–H and O–H groups in total. The largest absolute Gasteiger partial charge is 0.494 e. The molecule has 0 unspecified atom stereocenters. The van der Waals surface area contributed by atoms with Crippen LogP contribution in [0.25, 0.3) is 0 Å². The number of rotatable bonds is 11. The molecule has 0 radical (unpaired) electrons. The van der Waals surface area contributed by atoms with Crippen molar-refractivity contribution in [3.05, 3.63) is 75.8 Å². The van der Waals surface area contributed by atoms with Crippen molar-refractivity contribution in [3.63, 3.8) is 0 Å². The summed E-state index contributed by atoms with van der Waals surface area (Å²) >= 11 is 0. The van der Waals surface area contributed by atoms with E-state index in [1.54, 1.807) is 31.2 Å². The molecule has 0 saturated carbocycles. The lowest BCUT2D eigenvalue weighted by Gasteiger charge is -2.18. The van der Waals surface area contributed by atoms with Crippen LogP contribution in [0.15, 0.2) is 75.1 Å². The minimum Gasteiger partial charge on any atom is -0.494 e. The molecule has 0 amide bonds. The average molecular weight is 505 g/mol. The fraction of sp³-hybridized carbons (Fsp3) is 0.269. The SMILES string of the molecule is COc1cc(/N=N/c2ccc(C)cc2[N+](=O)[O-])c(C)cc1/N=N/c1ccc(N(C)CCCC(=O)O)cc1. The molecule has 0 aliphatic carbocycles. The van der Waals surface area contributed by atoms with Crippen molar-refractivity contribution in [1.29, 1.82) is 0 Å². The van der Waals surface area contributed by atoms with Crippen LogP contribution in [0.3, 0.4) is 0 Å². The van der Waals surface area contributed by atoms with Crippen LogP contribution in [-0.4, -0.2) is 36.7 Å². The quantitative estimate of drug-likeness (QED) is 0.164. The molecule has 0 atom stereocenters. The van der Waals surface area contributed by atoms with Gasteiger partial charge in [0.2, 0.25) is 0 Å². The number of carboxylic acid groups (broad SMARTS) is 1. The Hall–Kier alpha value is -4.67. The normalized spacial score (nSPS) is 11.2. The minimum absolute atomic E-state index is 0.115. The van der Waals surface area contributed by atoms with Crippen molar-refractivity contribution >= 4 is 40.1 Å². The van der Waals surface area contributed by atoms with Crippen LogP contribution >= 0.6 is 0 Å². The number of methoxy groups -OCH3 is 1. The average Bonchev–Trinajstić information content (AvgIpc) is 2.87. The summed E-state index contributed by atoms with van der Waals surface area (Å²) in [5.41, 5.74) is 4.11. The highest BCUT2D eigenvalue weighted by atomic mass is 16.6. The molecule has 0 bridgehead atoms. The molecular formula is C26H28N6O5. The van der Waals surface area contributed by atoms with Gasteiger partial charge in [-0.3, -0.25) is 14.9 Å². The number of benzene rings is 3. The molecule has 3 rings (SSSR count). The van der Waals surface area contributed by atoms with E-state index in [-0.39, 0.29) is 17.8 Å². The van der Waals surface area contributed by atoms with Crippen LogP contribution < -0.4 is 9.64 Å². The van der Waals surface area contributed by atoms with Crippen LogP contribution in [0.4, 0.5) is 34.1 Å². The molecule has 11 nitrogen and oxygen atoms in total. The van der Waals surface area contributed by atoms with Crippen LogP contribution in [0.2, 0.25) is 0 Å². The number of nitro benzene ring substituents is 1. The van der Waals surface area contributed by atoms with Gasteiger partial charge in [0.1, 0.15) is 11.4 Å². The third-order valence-electron chi connectivity index (χ3n) is 5.54. The number of carbonyl (C=O) groups is 1. The Labute approximate surface area is 214 Å². The van der Waals surface area contributed by atoms with Gasteiger partial charge in [-0.15, -0.1) is 15.3 Å². The lowest BCUT2D eigenvalue weighted by atomic mass is 10.1. The number of hydrogen-bond acceptors (Lipinski definition) is 9. The first kappa shape index (κ1) is 26.9. The van der Waals surface area contributed by atoms with E-state index in [1.807, 2.05) is 43.1 Å². The van der Waals surface area contributed by atoms with Crippen molar-refractivity contribution in [2.45, 2.75) is 26.7 Å². The van der Waals surface area contributed by atoms with E-state index in [4.69, 9.17) is 9.84 Å². The number of carboxylic acids is 1. The predicted octanol–water partition coefficient (Wildman–Crippen LogP) is 7.35. The minimum atomic E-state index is -0.804. The molecule has 0 aliphatic rings. The summed E-state index contributed by atoms with van der Waals surface area (Å²) in [5, 5.41) is 37.0. The molecule has 0 spiro atoms. The number of aliphatic carboxylic acids is 1. The van der Waals surface area contributed by atoms with Crippen molar-refractivity contribution in [2.24, 2.45) is 20.5 Å². The van der Waals surface area contributed by atoms with E-state index >= 15 is 0 Å². The molecule has 3 aromatic rings. The molecule has 0 fully saturated rings. The van der Waals surface area contributed by atoms with Crippen LogP contribution in [0.1, 0.15) is 24.0 Å². The van der Waals surface area contributed by atoms with Gasteiger partial charge < -0.3 is 14.7 Å². The van der Waals surface area contributed by atoms with E-state index in [1.165, 1.54) is 13.2 Å². The highest BCUT2D eigenvalue weighted by molar-refractivity contribution is 5.67. The van der Waals surface area contributed by atoms with Crippen molar-refractivity contribution in [2.75, 3.05) is 25.6 Å². The lowest BCUT2D eigenvalue weighted by molar-refractivity contribution is -0.384. The predicted molar refractivity (Wildman–Crippen MR) is 140 cm³/mol. The van der Waals surface area contributed by atoms with Gasteiger partial charge in [0.15, 0.2) is 5.69 Å². The van der Waals surface area contributed by atoms with E-state index in [0.717, 1.165) is 16.8 Å². The molecular weight excluding hydrogens is 476 g/mol. The van der Waals surface area contributed by atoms with Crippen LogP contribution in [-0.2, 0) is 4.79 Å². The first-order valence-electron chi connectivity index (χ1n) is 11.5. The molecule has 0 aromatic heterocycles. The zero-order valence-electron chi connectivity index (χ0n) is 21.1. The van der Waals surface area contributed by atoms with Crippen LogP contribution in [0, 0.1) is 24.0 Å². The second-order valence-corrected chi connectivity index (χ2v) is 8.40. The number of azo groups is 2. The smallest absolute Gasteiger partial charge is 0.303 e. The maximum absolute atomic E-state index is 11.3. The Balaban J connectivity index is 1.76. The van der Waals surface area contributed by atoms with Crippen LogP contribution in [0.5, 0.6) is 5.75 Å². The molecule has 0 saturated heterocycles. The summed E-state index contributed by atoms with van der Waals surface area (Å²) in [5.74, 6) is -0.377. The maximum atomic E-state index is 11.3. The molecule has 37 heavy (non-hydrogen) atoms. The number of aryl methyl sites for hydroxylation is 2. The maximum Gasteiger partial charge on any atom is 0.303 e. The van der Waals surface area contributed by atoms with E-state index in [2.05, 4.69) is 20.5 Å². The molecule has 0 aliphatic heterocycles. The second-order valence-electron chi connectivity index (χ2n) is 8.40. The lowest BCUT2D eigenvalue weighted by Crippen LogP contribution is -2.19. The highest BCUT2D eigenvalue weighted by Crippen LogP contribution is 2.37. The Bertz CT molecular complexity index is 1340. The Morgan fingerprint density at radius 1 is 0.973 bits per heavy atom. The molecule has 3 aromatic carbocycles. The van der Waals surface area contributed by atoms with Gasteiger partial charge in [-0.1, -0.05) is 6.07 Å². The first-order valence-corrected chi connectivity index (χ1v) is 11.5. The van der Waals surface area contributed by atoms with Gasteiger partial charge in [0.05, 0.1) is 23.4 Å². The summed E-state index contributed by atoms with van der Waals surface area (Å²) in [6.45, 7) is 4.23. The van der Waals surface area contributed by atoms with Crippen molar-refractivity contribution < 1.29 is 19.6 Å². The van der Waals surface area contributed by atoms with Crippen molar-refractivity contribution in [1.82, 2.24) is 0 Å². The summed E-state index contributed by atoms with van der Waals surface area (Å²) in [7, 11) is 3.41. The van der Waals surface area contributed by atoms with Gasteiger partial charge >= 0.3 is 5.97 Å². The Morgan fingerprint density at radius 2 is 1.65 bits per heavy atom. The van der Waals surface area contributed by atoms with Crippen molar-refractivity contribution in [3.8, 4) is 5.75 Å². The summed E-state index contributed by atoms with van der Waals surface area (Å²) in [6.07, 6.45) is 0.688. The van der Waals surface area contributed by atoms with Gasteiger partial charge in [-0.25, -0.2) is 0 Å². The van der Waals surface area contributed by atoms with Gasteiger partial charge in [0.25, 0.3) is 5.69 Å². The van der Waals surface area contributed by atoms with Gasteiger partial charge in [-0.05, 0) is 67.8 Å². The zero-order valence-corrected chi connectivity index (χ0v) is 21.1. The number of nitrogens with zero attached hydrogens (tertiary/aromatic N) is 6. The number of hydrogen-bond donors (Lipinski definition) is 1. The third kappa shape index (κ3) is 7.40. The summed E-state index contributed by atoms with van der Waals surface area (Å²) in [6, 6.07) is 15.6. The Kier molecular flexibility index (Phi) is 8.98. The van der Waals surface area contributed by atoms with Gasteiger partial charge in [0, 0.05) is 37.8 Å². The second kappa shape index (κ2) is 12.3. The van der Waals surface area contributed by atoms with E-state index in [9.17, 15) is 14.9 Å². The fourth-order valence-electron chi connectivity index (χ4n) is 3.47. The number of nitro groups is 1. The summed E-state index contributed by atoms with van der Waals surface area (Å²) < 4.78 is 5.45. The molecule has 11 heteroatoms. The Morgan fingerprint density at radius 3 is 2.30 bits per heavy atom. The van der Waals surface area contributed by atoms with E-state index in [0.29, 0.717) is 35.8 Å². The van der Waals surface area contributed by atoms with Gasteiger partial charge in [-0.2, -0.15) is 5.11 Å². The summed E-state index contributed by atoms with van der Waals surface area (Å²) in [4.78, 5) is 23.5.